The molecule has 0 bridgehead atoms. The lowest BCUT2D eigenvalue weighted by Gasteiger charge is -2.36. The van der Waals surface area contributed by atoms with Crippen LogP contribution in [0.25, 0.3) is 0 Å². The van der Waals surface area contributed by atoms with Crippen molar-refractivity contribution in [3.05, 3.63) is 96.8 Å². The van der Waals surface area contributed by atoms with Gasteiger partial charge in [-0.15, -0.1) is 0 Å². The van der Waals surface area contributed by atoms with E-state index in [0.29, 0.717) is 23.5 Å². The van der Waals surface area contributed by atoms with Gasteiger partial charge >= 0.3 is 12.1 Å². The van der Waals surface area contributed by atoms with Crippen molar-refractivity contribution in [2.45, 2.75) is 13.3 Å². The van der Waals surface area contributed by atoms with Crippen molar-refractivity contribution in [3.63, 3.8) is 0 Å². The van der Waals surface area contributed by atoms with Crippen LogP contribution in [0.5, 0.6) is 11.5 Å². The number of nitrogens with zero attached hydrogens (tertiary/aromatic N) is 2. The van der Waals surface area contributed by atoms with Gasteiger partial charge < -0.3 is 4.74 Å². The lowest BCUT2D eigenvalue weighted by molar-refractivity contribution is 0.235. The van der Waals surface area contributed by atoms with Crippen molar-refractivity contribution in [3.8, 4) is 11.5 Å². The number of aryl methyl sites for hydroxylation is 1. The van der Waals surface area contributed by atoms with Crippen LogP contribution in [0.1, 0.15) is 12.5 Å². The maximum absolute atomic E-state index is 13.2. The summed E-state index contributed by atoms with van der Waals surface area (Å²) in [5.41, 5.74) is 1.97. The summed E-state index contributed by atoms with van der Waals surface area (Å²) in [7, 11) is 0. The molecule has 0 aliphatic carbocycles. The van der Waals surface area contributed by atoms with Gasteiger partial charge in [0.1, 0.15) is 17.3 Å². The molecule has 1 fully saturated rings. The van der Waals surface area contributed by atoms with Crippen LogP contribution in [0, 0.1) is 0 Å². The molecule has 1 saturated heterocycles. The Balaban J connectivity index is 1.67. The minimum absolute atomic E-state index is 0.215. The Labute approximate surface area is 175 Å². The molecule has 0 spiro atoms. The molecule has 6 nitrogen and oxygen atoms in total. The maximum atomic E-state index is 13.2. The highest BCUT2D eigenvalue weighted by molar-refractivity contribution is 6.22. The molecule has 0 radical (unpaired) electrons. The van der Waals surface area contributed by atoms with E-state index in [0.717, 1.165) is 16.2 Å². The summed E-state index contributed by atoms with van der Waals surface area (Å²) in [4.78, 5) is 28.3. The quantitative estimate of drug-likeness (QED) is 0.601. The van der Waals surface area contributed by atoms with Gasteiger partial charge in [0, 0.05) is 0 Å². The molecule has 0 unspecified atom stereocenters. The predicted molar refractivity (Wildman–Crippen MR) is 117 cm³/mol. The molecule has 6 heteroatoms. The van der Waals surface area contributed by atoms with E-state index in [2.05, 4.69) is 11.9 Å². The van der Waals surface area contributed by atoms with Crippen molar-refractivity contribution in [1.82, 2.24) is 5.32 Å². The Morgan fingerprint density at radius 2 is 1.53 bits per heavy atom. The molecule has 3 aromatic rings. The van der Waals surface area contributed by atoms with Gasteiger partial charge in [-0.25, -0.2) is 19.4 Å². The van der Waals surface area contributed by atoms with Crippen molar-refractivity contribution >= 4 is 23.4 Å². The second kappa shape index (κ2) is 8.13. The van der Waals surface area contributed by atoms with E-state index in [1.807, 2.05) is 55.5 Å². The molecule has 1 aliphatic heterocycles. The number of rotatable bonds is 5. The molecule has 4 amide bonds. The fourth-order valence-electron chi connectivity index (χ4n) is 3.30. The fraction of sp³-hybridized carbons (Fsp3) is 0.0833. The number of anilines is 2. The molecule has 1 heterocycles. The molecular formula is C24H21N3O3. The monoisotopic (exact) mass is 399 g/mol. The number of carbonyl (C=O) groups excluding carboxylic acids is 2. The zero-order valence-electron chi connectivity index (χ0n) is 16.5. The Morgan fingerprint density at radius 3 is 2.20 bits per heavy atom. The third-order valence-electron chi connectivity index (χ3n) is 4.78. The number of amides is 4. The van der Waals surface area contributed by atoms with Gasteiger partial charge in [0.25, 0.3) is 0 Å². The van der Waals surface area contributed by atoms with Gasteiger partial charge in [-0.05, 0) is 54.4 Å². The first-order valence-electron chi connectivity index (χ1n) is 9.63. The average Bonchev–Trinajstić information content (AvgIpc) is 2.76. The second-order valence-corrected chi connectivity index (χ2v) is 6.73. The molecule has 3 aromatic carbocycles. The summed E-state index contributed by atoms with van der Waals surface area (Å²) in [5.74, 6) is 1.62. The summed E-state index contributed by atoms with van der Waals surface area (Å²) in [5, 5.41) is 2.67. The number of benzene rings is 3. The standard InChI is InChI=1S/C24H21N3O3/c1-3-18-16-20(14-15-22(18)30-21-12-8-5-9-13-21)27-23(28)25-17(2)26(24(27)29)19-10-6-4-7-11-19/h4-16H,2-3H2,1H3,(H,25,28). The van der Waals surface area contributed by atoms with E-state index in [-0.39, 0.29) is 5.82 Å². The number of imide groups is 1. The van der Waals surface area contributed by atoms with Crippen LogP contribution in [0.3, 0.4) is 0 Å². The topological polar surface area (TPSA) is 61.9 Å². The molecule has 30 heavy (non-hydrogen) atoms. The summed E-state index contributed by atoms with van der Waals surface area (Å²) in [6.45, 7) is 5.82. The lowest BCUT2D eigenvalue weighted by atomic mass is 10.1. The van der Waals surface area contributed by atoms with Crippen molar-refractivity contribution < 1.29 is 14.3 Å². The Hall–Kier alpha value is -4.06. The number of carbonyl (C=O) groups is 2. The van der Waals surface area contributed by atoms with Crippen LogP contribution in [0.4, 0.5) is 21.0 Å². The number of ether oxygens (including phenoxy) is 1. The van der Waals surface area contributed by atoms with Crippen LogP contribution in [0.15, 0.2) is 91.3 Å². The van der Waals surface area contributed by atoms with E-state index in [9.17, 15) is 9.59 Å². The maximum Gasteiger partial charge on any atom is 0.343 e. The number of nitrogens with one attached hydrogen (secondary N) is 1. The summed E-state index contributed by atoms with van der Waals surface area (Å²) < 4.78 is 5.98. The lowest BCUT2D eigenvalue weighted by Crippen LogP contribution is -2.58. The van der Waals surface area contributed by atoms with Gasteiger partial charge in [-0.1, -0.05) is 49.9 Å². The highest BCUT2D eigenvalue weighted by Crippen LogP contribution is 2.32. The van der Waals surface area contributed by atoms with Crippen molar-refractivity contribution in [2.75, 3.05) is 9.80 Å². The smallest absolute Gasteiger partial charge is 0.343 e. The number of hydrogen-bond donors (Lipinski definition) is 1. The first kappa shape index (κ1) is 19.3. The predicted octanol–water partition coefficient (Wildman–Crippen LogP) is 5.67. The van der Waals surface area contributed by atoms with Crippen LogP contribution in [-0.2, 0) is 6.42 Å². The van der Waals surface area contributed by atoms with E-state index in [1.54, 1.807) is 30.3 Å². The first-order valence-corrected chi connectivity index (χ1v) is 9.63. The SMILES string of the molecule is C=C1NC(=O)N(c2ccc(Oc3ccccc3)c(CC)c2)C(=O)N1c1ccccc1. The Kier molecular flexibility index (Phi) is 5.22. The van der Waals surface area contributed by atoms with E-state index >= 15 is 0 Å². The zero-order chi connectivity index (χ0) is 21.1. The minimum atomic E-state index is -0.545. The highest BCUT2D eigenvalue weighted by Gasteiger charge is 2.36. The highest BCUT2D eigenvalue weighted by atomic mass is 16.5. The van der Waals surface area contributed by atoms with Gasteiger partial charge in [0.15, 0.2) is 0 Å². The van der Waals surface area contributed by atoms with Crippen LogP contribution >= 0.6 is 0 Å². The number of hydrogen-bond acceptors (Lipinski definition) is 3. The molecule has 0 saturated carbocycles. The van der Waals surface area contributed by atoms with Crippen LogP contribution in [-0.4, -0.2) is 12.1 Å². The van der Waals surface area contributed by atoms with Gasteiger partial charge in [-0.3, -0.25) is 5.32 Å². The summed E-state index contributed by atoms with van der Waals surface area (Å²) >= 11 is 0. The van der Waals surface area contributed by atoms with Crippen molar-refractivity contribution in [1.29, 1.82) is 0 Å². The van der Waals surface area contributed by atoms with Gasteiger partial charge in [-0.2, -0.15) is 0 Å². The third kappa shape index (κ3) is 3.63. The molecule has 1 aliphatic rings. The minimum Gasteiger partial charge on any atom is -0.457 e. The summed E-state index contributed by atoms with van der Waals surface area (Å²) in [6.07, 6.45) is 0.675. The zero-order valence-corrected chi connectivity index (χ0v) is 16.5. The third-order valence-corrected chi connectivity index (χ3v) is 4.78. The largest absolute Gasteiger partial charge is 0.457 e. The van der Waals surface area contributed by atoms with E-state index < -0.39 is 12.1 Å². The normalized spacial score (nSPS) is 14.0. The molecule has 1 N–H and O–H groups in total. The molecule has 4 rings (SSSR count). The molecule has 0 aromatic heterocycles. The van der Waals surface area contributed by atoms with Gasteiger partial charge in [0.05, 0.1) is 11.4 Å². The molecule has 150 valence electrons. The second-order valence-electron chi connectivity index (χ2n) is 6.73. The van der Waals surface area contributed by atoms with E-state index in [4.69, 9.17) is 4.74 Å². The van der Waals surface area contributed by atoms with Crippen LogP contribution in [0.2, 0.25) is 0 Å². The Bertz CT molecular complexity index is 1100. The Morgan fingerprint density at radius 1 is 0.867 bits per heavy atom. The number of urea groups is 2. The number of para-hydroxylation sites is 2. The molecule has 0 atom stereocenters. The fourth-order valence-corrected chi connectivity index (χ4v) is 3.30. The van der Waals surface area contributed by atoms with Gasteiger partial charge in [0.2, 0.25) is 0 Å². The molecular weight excluding hydrogens is 378 g/mol. The van der Waals surface area contributed by atoms with Crippen LogP contribution < -0.4 is 19.9 Å². The average molecular weight is 399 g/mol. The van der Waals surface area contributed by atoms with E-state index in [1.165, 1.54) is 4.90 Å². The van der Waals surface area contributed by atoms with Crippen molar-refractivity contribution in [2.24, 2.45) is 0 Å². The summed E-state index contributed by atoms with van der Waals surface area (Å²) in [6, 6.07) is 22.8. The first-order chi connectivity index (χ1) is 14.6.